The van der Waals surface area contributed by atoms with Crippen LogP contribution in [0.15, 0.2) is 41.7 Å². The van der Waals surface area contributed by atoms with E-state index in [-0.39, 0.29) is 5.75 Å². The smallest absolute Gasteiger partial charge is 0.124 e. The zero-order valence-corrected chi connectivity index (χ0v) is 11.7. The lowest BCUT2D eigenvalue weighted by Gasteiger charge is -2.24. The summed E-state index contributed by atoms with van der Waals surface area (Å²) >= 11 is 0. The largest absolute Gasteiger partial charge is 0.507 e. The molecule has 4 heteroatoms. The number of rotatable bonds is 3. The van der Waals surface area contributed by atoms with Gasteiger partial charge in [0.15, 0.2) is 0 Å². The minimum absolute atomic E-state index is 0.167. The van der Waals surface area contributed by atoms with Crippen molar-refractivity contribution in [2.24, 2.45) is 23.1 Å². The van der Waals surface area contributed by atoms with Gasteiger partial charge in [0.05, 0.1) is 5.82 Å². The molecule has 1 aromatic rings. The second-order valence-electron chi connectivity index (χ2n) is 5.36. The first-order chi connectivity index (χ1) is 9.59. The van der Waals surface area contributed by atoms with Gasteiger partial charge >= 0.3 is 0 Å². The summed E-state index contributed by atoms with van der Waals surface area (Å²) in [6, 6.07) is 7.01. The first-order valence-corrected chi connectivity index (χ1v) is 7.10. The Morgan fingerprint density at radius 2 is 1.70 bits per heavy atom. The van der Waals surface area contributed by atoms with E-state index in [0.717, 1.165) is 18.4 Å². The summed E-state index contributed by atoms with van der Waals surface area (Å²) in [5.41, 5.74) is 19.8. The lowest BCUT2D eigenvalue weighted by Crippen LogP contribution is -2.19. The second kappa shape index (κ2) is 6.37. The second-order valence-corrected chi connectivity index (χ2v) is 5.36. The normalized spacial score (nSPS) is 16.9. The Morgan fingerprint density at radius 3 is 2.30 bits per heavy atom. The van der Waals surface area contributed by atoms with Crippen LogP contribution in [0.5, 0.6) is 5.75 Å². The molecule has 0 heterocycles. The van der Waals surface area contributed by atoms with Crippen molar-refractivity contribution in [3.05, 3.63) is 47.3 Å². The highest BCUT2D eigenvalue weighted by atomic mass is 16.3. The SMILES string of the molecule is NC(N)=C(/C=C(\N)c1ccccc1O)C1CCCCC1. The first kappa shape index (κ1) is 14.3. The fourth-order valence-electron chi connectivity index (χ4n) is 2.81. The number of para-hydroxylation sites is 1. The van der Waals surface area contributed by atoms with Crippen LogP contribution in [0.2, 0.25) is 0 Å². The fraction of sp³-hybridized carbons (Fsp3) is 0.375. The van der Waals surface area contributed by atoms with Crippen molar-refractivity contribution in [2.45, 2.75) is 32.1 Å². The summed E-state index contributed by atoms with van der Waals surface area (Å²) in [7, 11) is 0. The van der Waals surface area contributed by atoms with E-state index in [1.165, 1.54) is 19.3 Å². The Labute approximate surface area is 120 Å². The Bertz CT molecular complexity index is 524. The molecule has 1 aromatic carbocycles. The van der Waals surface area contributed by atoms with Crippen LogP contribution in [0.1, 0.15) is 37.7 Å². The molecule has 1 fully saturated rings. The minimum atomic E-state index is 0.167. The summed E-state index contributed by atoms with van der Waals surface area (Å²) in [6.45, 7) is 0. The van der Waals surface area contributed by atoms with Gasteiger partial charge in [-0.1, -0.05) is 31.4 Å². The highest BCUT2D eigenvalue weighted by Crippen LogP contribution is 2.32. The summed E-state index contributed by atoms with van der Waals surface area (Å²) in [4.78, 5) is 0. The van der Waals surface area contributed by atoms with Gasteiger partial charge in [-0.2, -0.15) is 0 Å². The lowest BCUT2D eigenvalue weighted by atomic mass is 9.83. The molecule has 2 rings (SSSR count). The van der Waals surface area contributed by atoms with Crippen molar-refractivity contribution >= 4 is 5.70 Å². The number of phenolic OH excluding ortho intramolecular Hbond substituents is 1. The van der Waals surface area contributed by atoms with Crippen LogP contribution in [-0.4, -0.2) is 5.11 Å². The van der Waals surface area contributed by atoms with Gasteiger partial charge in [0, 0.05) is 11.3 Å². The van der Waals surface area contributed by atoms with Gasteiger partial charge in [0.25, 0.3) is 0 Å². The van der Waals surface area contributed by atoms with Crippen LogP contribution < -0.4 is 17.2 Å². The van der Waals surface area contributed by atoms with E-state index in [1.54, 1.807) is 18.2 Å². The van der Waals surface area contributed by atoms with Crippen LogP contribution in [-0.2, 0) is 0 Å². The molecule has 7 N–H and O–H groups in total. The molecule has 1 aliphatic carbocycles. The Morgan fingerprint density at radius 1 is 1.05 bits per heavy atom. The van der Waals surface area contributed by atoms with Gasteiger partial charge in [-0.15, -0.1) is 0 Å². The lowest BCUT2D eigenvalue weighted by molar-refractivity contribution is 0.406. The van der Waals surface area contributed by atoms with Crippen LogP contribution in [0.4, 0.5) is 0 Å². The van der Waals surface area contributed by atoms with E-state index in [0.29, 0.717) is 23.0 Å². The molecular formula is C16H23N3O. The van der Waals surface area contributed by atoms with Crippen molar-refractivity contribution in [1.82, 2.24) is 0 Å². The number of hydrogen-bond acceptors (Lipinski definition) is 4. The Kier molecular flexibility index (Phi) is 4.56. The predicted octanol–water partition coefficient (Wildman–Crippen LogP) is 2.40. The number of aromatic hydroxyl groups is 1. The van der Waals surface area contributed by atoms with Crippen LogP contribution in [0.3, 0.4) is 0 Å². The summed E-state index contributed by atoms with van der Waals surface area (Å²) in [6.07, 6.45) is 7.68. The summed E-state index contributed by atoms with van der Waals surface area (Å²) in [5.74, 6) is 0.869. The van der Waals surface area contributed by atoms with Gasteiger partial charge in [-0.3, -0.25) is 0 Å². The zero-order chi connectivity index (χ0) is 14.5. The molecule has 0 aliphatic heterocycles. The molecule has 108 valence electrons. The van der Waals surface area contributed by atoms with E-state index in [2.05, 4.69) is 0 Å². The third kappa shape index (κ3) is 3.26. The van der Waals surface area contributed by atoms with Crippen LogP contribution in [0, 0.1) is 5.92 Å². The number of nitrogens with two attached hydrogens (primary N) is 3. The molecule has 1 aliphatic rings. The highest BCUT2D eigenvalue weighted by Gasteiger charge is 2.19. The van der Waals surface area contributed by atoms with Crippen molar-refractivity contribution < 1.29 is 5.11 Å². The van der Waals surface area contributed by atoms with Gasteiger partial charge in [0.2, 0.25) is 0 Å². The average Bonchev–Trinajstić information content (AvgIpc) is 2.45. The molecule has 0 bridgehead atoms. The topological polar surface area (TPSA) is 98.3 Å². The third-order valence-electron chi connectivity index (χ3n) is 3.90. The molecule has 0 aromatic heterocycles. The molecule has 0 atom stereocenters. The molecule has 4 nitrogen and oxygen atoms in total. The highest BCUT2D eigenvalue weighted by molar-refractivity contribution is 5.70. The van der Waals surface area contributed by atoms with Crippen LogP contribution in [0.25, 0.3) is 5.70 Å². The van der Waals surface area contributed by atoms with Crippen molar-refractivity contribution in [2.75, 3.05) is 0 Å². The number of hydrogen-bond donors (Lipinski definition) is 4. The average molecular weight is 273 g/mol. The number of phenols is 1. The third-order valence-corrected chi connectivity index (χ3v) is 3.90. The molecule has 0 radical (unpaired) electrons. The summed E-state index contributed by atoms with van der Waals surface area (Å²) in [5, 5.41) is 9.84. The van der Waals surface area contributed by atoms with Gasteiger partial charge in [-0.25, -0.2) is 0 Å². The van der Waals surface area contributed by atoms with Gasteiger partial charge in [0.1, 0.15) is 5.75 Å². The maximum absolute atomic E-state index is 9.84. The van der Waals surface area contributed by atoms with E-state index in [9.17, 15) is 5.11 Å². The van der Waals surface area contributed by atoms with Gasteiger partial charge < -0.3 is 22.3 Å². The fourth-order valence-corrected chi connectivity index (χ4v) is 2.81. The maximum Gasteiger partial charge on any atom is 0.124 e. The van der Waals surface area contributed by atoms with Crippen molar-refractivity contribution in [1.29, 1.82) is 0 Å². The standard InChI is InChI=1S/C16H23N3O/c17-14(12-8-4-5-9-15(12)20)10-13(16(18)19)11-6-2-1-3-7-11/h4-5,8-11,20H,1-3,6-7,17-19H2/b14-10-. The molecule has 0 spiro atoms. The van der Waals surface area contributed by atoms with E-state index < -0.39 is 0 Å². The molecule has 20 heavy (non-hydrogen) atoms. The zero-order valence-electron chi connectivity index (χ0n) is 11.7. The van der Waals surface area contributed by atoms with Crippen molar-refractivity contribution in [3.8, 4) is 5.75 Å². The molecule has 1 saturated carbocycles. The molecule has 0 amide bonds. The Balaban J connectivity index is 2.30. The molecular weight excluding hydrogens is 250 g/mol. The summed E-state index contributed by atoms with van der Waals surface area (Å²) < 4.78 is 0. The first-order valence-electron chi connectivity index (χ1n) is 7.10. The van der Waals surface area contributed by atoms with E-state index in [1.807, 2.05) is 12.1 Å². The number of benzene rings is 1. The maximum atomic E-state index is 9.84. The monoisotopic (exact) mass is 273 g/mol. The number of allylic oxidation sites excluding steroid dienone is 2. The Hall–Kier alpha value is -2.10. The van der Waals surface area contributed by atoms with Crippen molar-refractivity contribution in [3.63, 3.8) is 0 Å². The van der Waals surface area contributed by atoms with Crippen LogP contribution >= 0.6 is 0 Å². The quantitative estimate of drug-likeness (QED) is 0.635. The minimum Gasteiger partial charge on any atom is -0.507 e. The van der Waals surface area contributed by atoms with Gasteiger partial charge in [-0.05, 0) is 42.5 Å². The van der Waals surface area contributed by atoms with E-state index >= 15 is 0 Å². The molecule has 0 saturated heterocycles. The van der Waals surface area contributed by atoms with E-state index in [4.69, 9.17) is 17.2 Å². The predicted molar refractivity (Wildman–Crippen MR) is 82.2 cm³/mol. The molecule has 0 unspecified atom stereocenters.